The molecule has 1 fully saturated rings. The molecule has 1 saturated heterocycles. The van der Waals surface area contributed by atoms with E-state index < -0.39 is 5.97 Å². The number of aromatic carboxylic acids is 1. The summed E-state index contributed by atoms with van der Waals surface area (Å²) in [6.45, 7) is 0.604. The number of furan rings is 2. The van der Waals surface area contributed by atoms with Crippen molar-refractivity contribution in [1.29, 1.82) is 0 Å². The van der Waals surface area contributed by atoms with Crippen molar-refractivity contribution in [2.24, 2.45) is 0 Å². The largest absolute Gasteiger partial charge is 0.478 e. The molecule has 6 heteroatoms. The van der Waals surface area contributed by atoms with Crippen LogP contribution in [0.2, 0.25) is 0 Å². The van der Waals surface area contributed by atoms with Crippen LogP contribution in [0.15, 0.2) is 39.6 Å². The highest BCUT2D eigenvalue weighted by atomic mass is 16.4. The van der Waals surface area contributed by atoms with Crippen molar-refractivity contribution >= 4 is 11.9 Å². The van der Waals surface area contributed by atoms with Crippen LogP contribution in [0, 0.1) is 0 Å². The van der Waals surface area contributed by atoms with Crippen LogP contribution >= 0.6 is 0 Å². The van der Waals surface area contributed by atoms with E-state index in [-0.39, 0.29) is 23.3 Å². The highest BCUT2D eigenvalue weighted by Crippen LogP contribution is 2.31. The number of carbonyl (C=O) groups is 2. The third kappa shape index (κ3) is 2.77. The van der Waals surface area contributed by atoms with Crippen LogP contribution in [0.25, 0.3) is 0 Å². The van der Waals surface area contributed by atoms with Gasteiger partial charge in [0.2, 0.25) is 0 Å². The molecule has 1 N–H and O–H groups in total. The van der Waals surface area contributed by atoms with E-state index in [0.29, 0.717) is 6.54 Å². The Morgan fingerprint density at radius 3 is 2.77 bits per heavy atom. The van der Waals surface area contributed by atoms with Gasteiger partial charge in [0.1, 0.15) is 12.0 Å². The first-order chi connectivity index (χ1) is 10.7. The Morgan fingerprint density at radius 1 is 1.23 bits per heavy atom. The molecule has 0 unspecified atom stereocenters. The summed E-state index contributed by atoms with van der Waals surface area (Å²) in [4.78, 5) is 25.3. The second kappa shape index (κ2) is 6.09. The Labute approximate surface area is 127 Å². The van der Waals surface area contributed by atoms with Crippen LogP contribution in [0.1, 0.15) is 58.4 Å². The van der Waals surface area contributed by atoms with Gasteiger partial charge in [0.05, 0.1) is 17.9 Å². The molecule has 0 aliphatic carbocycles. The van der Waals surface area contributed by atoms with Crippen LogP contribution in [0.4, 0.5) is 0 Å². The van der Waals surface area contributed by atoms with Crippen molar-refractivity contribution in [1.82, 2.24) is 4.90 Å². The van der Waals surface area contributed by atoms with Crippen LogP contribution in [-0.4, -0.2) is 28.4 Å². The van der Waals surface area contributed by atoms with E-state index in [1.54, 1.807) is 17.2 Å². The number of hydrogen-bond donors (Lipinski definition) is 1. The van der Waals surface area contributed by atoms with Crippen molar-refractivity contribution < 1.29 is 23.5 Å². The Morgan fingerprint density at radius 2 is 2.09 bits per heavy atom. The number of hydrogen-bond acceptors (Lipinski definition) is 4. The third-order valence-electron chi connectivity index (χ3n) is 3.94. The van der Waals surface area contributed by atoms with E-state index in [1.807, 2.05) is 6.07 Å². The molecule has 116 valence electrons. The van der Waals surface area contributed by atoms with Crippen LogP contribution in [0.3, 0.4) is 0 Å². The number of likely N-dealkylation sites (tertiary alicyclic amines) is 1. The molecule has 6 nitrogen and oxygen atoms in total. The average Bonchev–Trinajstić information content (AvgIpc) is 3.14. The number of carbonyl (C=O) groups excluding carboxylic acids is 1. The summed E-state index contributed by atoms with van der Waals surface area (Å²) < 4.78 is 10.6. The van der Waals surface area contributed by atoms with Crippen molar-refractivity contribution in [2.75, 3.05) is 6.54 Å². The van der Waals surface area contributed by atoms with Crippen molar-refractivity contribution in [3.63, 3.8) is 0 Å². The second-order valence-corrected chi connectivity index (χ2v) is 5.38. The van der Waals surface area contributed by atoms with Gasteiger partial charge in [-0.25, -0.2) is 4.79 Å². The molecule has 1 aliphatic heterocycles. The normalized spacial score (nSPS) is 18.9. The predicted molar refractivity (Wildman–Crippen MR) is 76.6 cm³/mol. The molecule has 0 saturated carbocycles. The summed E-state index contributed by atoms with van der Waals surface area (Å²) in [5.41, 5.74) is -0.0206. The number of amides is 1. The Kier molecular flexibility index (Phi) is 4.00. The van der Waals surface area contributed by atoms with E-state index in [1.165, 1.54) is 6.07 Å². The Bertz CT molecular complexity index is 658. The van der Waals surface area contributed by atoms with Gasteiger partial charge in [0.25, 0.3) is 5.91 Å². The minimum atomic E-state index is -1.11. The van der Waals surface area contributed by atoms with Gasteiger partial charge in [-0.2, -0.15) is 0 Å². The van der Waals surface area contributed by atoms with Crippen LogP contribution < -0.4 is 0 Å². The smallest absolute Gasteiger partial charge is 0.338 e. The monoisotopic (exact) mass is 303 g/mol. The predicted octanol–water partition coefficient (Wildman–Crippen LogP) is 3.33. The quantitative estimate of drug-likeness (QED) is 0.940. The zero-order valence-corrected chi connectivity index (χ0v) is 12.0. The zero-order chi connectivity index (χ0) is 15.5. The summed E-state index contributed by atoms with van der Waals surface area (Å²) in [5.74, 6) is -0.604. The Hall–Kier alpha value is -2.50. The Balaban J connectivity index is 1.88. The first kappa shape index (κ1) is 14.4. The lowest BCUT2D eigenvalue weighted by atomic mass is 10.1. The van der Waals surface area contributed by atoms with Gasteiger partial charge in [-0.1, -0.05) is 12.8 Å². The van der Waals surface area contributed by atoms with Crippen molar-refractivity contribution in [2.45, 2.75) is 31.7 Å². The topological polar surface area (TPSA) is 83.9 Å². The molecular formula is C16H17NO5. The van der Waals surface area contributed by atoms with Gasteiger partial charge in [-0.3, -0.25) is 4.79 Å². The zero-order valence-electron chi connectivity index (χ0n) is 12.0. The highest BCUT2D eigenvalue weighted by Gasteiger charge is 2.31. The molecule has 0 spiro atoms. The molecule has 3 rings (SSSR count). The molecule has 3 heterocycles. The lowest BCUT2D eigenvalue weighted by Gasteiger charge is -2.27. The molecule has 0 aromatic carbocycles. The minimum absolute atomic E-state index is 0.0206. The lowest BCUT2D eigenvalue weighted by Crippen LogP contribution is -2.34. The number of carboxylic acids is 1. The van der Waals surface area contributed by atoms with Gasteiger partial charge in [-0.15, -0.1) is 0 Å². The second-order valence-electron chi connectivity index (χ2n) is 5.38. The number of rotatable bonds is 3. The van der Waals surface area contributed by atoms with E-state index >= 15 is 0 Å². The molecule has 0 radical (unpaired) electrons. The third-order valence-corrected chi connectivity index (χ3v) is 3.94. The first-order valence-electron chi connectivity index (χ1n) is 7.33. The van der Waals surface area contributed by atoms with Crippen LogP contribution in [-0.2, 0) is 0 Å². The average molecular weight is 303 g/mol. The van der Waals surface area contributed by atoms with E-state index in [0.717, 1.165) is 37.7 Å². The SMILES string of the molecule is O=C(O)c1coc(C(=O)N2CCCCC[C@@H]2c2ccco2)c1. The summed E-state index contributed by atoms with van der Waals surface area (Å²) in [6, 6.07) is 4.80. The summed E-state index contributed by atoms with van der Waals surface area (Å²) in [6.07, 6.45) is 6.50. The van der Waals surface area contributed by atoms with E-state index in [2.05, 4.69) is 0 Å². The molecule has 1 aliphatic rings. The first-order valence-corrected chi connectivity index (χ1v) is 7.33. The molecule has 2 aromatic heterocycles. The maximum absolute atomic E-state index is 12.7. The molecule has 2 aromatic rings. The highest BCUT2D eigenvalue weighted by molar-refractivity contribution is 5.95. The fourth-order valence-electron chi connectivity index (χ4n) is 2.83. The fraction of sp³-hybridized carbons (Fsp3) is 0.375. The molecule has 22 heavy (non-hydrogen) atoms. The number of nitrogens with zero attached hydrogens (tertiary/aromatic N) is 1. The van der Waals surface area contributed by atoms with Gasteiger partial charge in [0.15, 0.2) is 5.76 Å². The molecular weight excluding hydrogens is 286 g/mol. The molecule has 1 atom stereocenters. The maximum atomic E-state index is 12.7. The van der Waals surface area contributed by atoms with Gasteiger partial charge < -0.3 is 18.8 Å². The summed E-state index contributed by atoms with van der Waals surface area (Å²) in [5, 5.41) is 8.94. The maximum Gasteiger partial charge on any atom is 0.338 e. The summed E-state index contributed by atoms with van der Waals surface area (Å²) in [7, 11) is 0. The fourth-order valence-corrected chi connectivity index (χ4v) is 2.83. The van der Waals surface area contributed by atoms with E-state index in [4.69, 9.17) is 13.9 Å². The van der Waals surface area contributed by atoms with E-state index in [9.17, 15) is 9.59 Å². The van der Waals surface area contributed by atoms with Crippen molar-refractivity contribution in [3.8, 4) is 0 Å². The summed E-state index contributed by atoms with van der Waals surface area (Å²) >= 11 is 0. The molecule has 1 amide bonds. The van der Waals surface area contributed by atoms with Gasteiger partial charge in [-0.05, 0) is 25.0 Å². The van der Waals surface area contributed by atoms with Crippen molar-refractivity contribution in [3.05, 3.63) is 47.8 Å². The number of carboxylic acid groups (broad SMARTS) is 1. The standard InChI is InChI=1S/C16H17NO5/c18-15(14-9-11(10-22-14)16(19)20)17-7-3-1-2-5-12(17)13-6-4-8-21-13/h4,6,8-10,12H,1-3,5,7H2,(H,19,20)/t12-/m1/s1. The lowest BCUT2D eigenvalue weighted by molar-refractivity contribution is 0.0625. The van der Waals surface area contributed by atoms with Gasteiger partial charge >= 0.3 is 5.97 Å². The minimum Gasteiger partial charge on any atom is -0.478 e. The van der Waals surface area contributed by atoms with Gasteiger partial charge in [0, 0.05) is 12.6 Å². The molecule has 0 bridgehead atoms. The van der Waals surface area contributed by atoms with Crippen LogP contribution in [0.5, 0.6) is 0 Å².